The van der Waals surface area contributed by atoms with E-state index in [1.54, 1.807) is 12.3 Å². The summed E-state index contributed by atoms with van der Waals surface area (Å²) in [6, 6.07) is 24.3. The Labute approximate surface area is 200 Å². The summed E-state index contributed by atoms with van der Waals surface area (Å²) in [7, 11) is 1.85. The number of ether oxygens (including phenoxy) is 1. The number of hydrogen-bond acceptors (Lipinski definition) is 6. The van der Waals surface area contributed by atoms with Crippen LogP contribution in [-0.2, 0) is 11.8 Å². The molecule has 0 aliphatic rings. The Bertz CT molecular complexity index is 1280. The first kappa shape index (κ1) is 22.6. The van der Waals surface area contributed by atoms with Gasteiger partial charge in [0.15, 0.2) is 11.0 Å². The number of nitrogens with zero attached hydrogens (tertiary/aromatic N) is 4. The Morgan fingerprint density at radius 3 is 2.67 bits per heavy atom. The Morgan fingerprint density at radius 2 is 1.85 bits per heavy atom. The number of halogens is 1. The topological polar surface area (TPSA) is 81.4 Å². The van der Waals surface area contributed by atoms with Crippen LogP contribution >= 0.6 is 23.4 Å². The van der Waals surface area contributed by atoms with E-state index in [0.717, 1.165) is 16.9 Å². The van der Waals surface area contributed by atoms with E-state index in [4.69, 9.17) is 16.3 Å². The monoisotopic (exact) mass is 477 g/mol. The highest BCUT2D eigenvalue weighted by Crippen LogP contribution is 2.24. The smallest absolute Gasteiger partial charge is 0.250 e. The number of carbonyl (C=O) groups is 1. The zero-order valence-electron chi connectivity index (χ0n) is 17.7. The predicted octanol–water partition coefficient (Wildman–Crippen LogP) is 5.17. The fourth-order valence-corrected chi connectivity index (χ4v) is 3.84. The molecule has 1 N–H and O–H groups in total. The van der Waals surface area contributed by atoms with Crippen LogP contribution in [0.25, 0.3) is 11.4 Å². The van der Waals surface area contributed by atoms with Crippen molar-refractivity contribution < 1.29 is 9.53 Å². The molecule has 7 nitrogen and oxygen atoms in total. The van der Waals surface area contributed by atoms with Crippen LogP contribution in [0.2, 0.25) is 5.02 Å². The number of hydrogen-bond donors (Lipinski definition) is 1. The van der Waals surface area contributed by atoms with Gasteiger partial charge in [0.05, 0.1) is 12.0 Å². The second kappa shape index (κ2) is 10.8. The maximum atomic E-state index is 12.2. The van der Waals surface area contributed by atoms with Gasteiger partial charge >= 0.3 is 0 Å². The number of carbonyl (C=O) groups excluding carboxylic acids is 1. The average molecular weight is 478 g/mol. The largest absolute Gasteiger partial charge is 0.457 e. The van der Waals surface area contributed by atoms with Crippen LogP contribution in [-0.4, -0.2) is 32.6 Å². The molecule has 0 aliphatic carbocycles. The number of benzene rings is 3. The molecule has 1 amide bonds. The number of rotatable bonds is 8. The van der Waals surface area contributed by atoms with Crippen molar-refractivity contribution in [1.82, 2.24) is 20.2 Å². The zero-order valence-corrected chi connectivity index (χ0v) is 19.3. The summed E-state index contributed by atoms with van der Waals surface area (Å²) in [4.78, 5) is 12.2. The fraction of sp³-hybridized carbons (Fsp3) is 0.0833. The van der Waals surface area contributed by atoms with Crippen molar-refractivity contribution in [1.29, 1.82) is 0 Å². The van der Waals surface area contributed by atoms with E-state index in [-0.39, 0.29) is 11.7 Å². The highest BCUT2D eigenvalue weighted by molar-refractivity contribution is 7.99. The van der Waals surface area contributed by atoms with Crippen LogP contribution in [0.4, 0.5) is 0 Å². The van der Waals surface area contributed by atoms with Gasteiger partial charge in [-0.2, -0.15) is 5.10 Å². The molecular formula is C24H20ClN5O2S. The number of hydrazone groups is 1. The SMILES string of the molecule is Cn1c(SCC(=O)NN=Cc2cccc(Oc3ccccc3)c2)nnc1-c1cccc(Cl)c1. The van der Waals surface area contributed by atoms with Crippen LogP contribution in [0.15, 0.2) is 89.1 Å². The molecule has 0 bridgehead atoms. The third-order valence-corrected chi connectivity index (χ3v) is 5.75. The number of thioether (sulfide) groups is 1. The third kappa shape index (κ3) is 6.21. The van der Waals surface area contributed by atoms with E-state index >= 15 is 0 Å². The second-order valence-electron chi connectivity index (χ2n) is 6.95. The Balaban J connectivity index is 1.30. The summed E-state index contributed by atoms with van der Waals surface area (Å²) in [5.74, 6) is 2.01. The van der Waals surface area contributed by atoms with E-state index in [9.17, 15) is 4.79 Å². The number of para-hydroxylation sites is 1. The molecule has 0 unspecified atom stereocenters. The molecule has 166 valence electrons. The third-order valence-electron chi connectivity index (χ3n) is 4.49. The first-order valence-electron chi connectivity index (χ1n) is 10.0. The van der Waals surface area contributed by atoms with Gasteiger partial charge in [-0.3, -0.25) is 4.79 Å². The summed E-state index contributed by atoms with van der Waals surface area (Å²) >= 11 is 7.33. The Kier molecular flexibility index (Phi) is 7.39. The quantitative estimate of drug-likeness (QED) is 0.215. The molecule has 9 heteroatoms. The molecule has 0 atom stereocenters. The number of amides is 1. The minimum Gasteiger partial charge on any atom is -0.457 e. The van der Waals surface area contributed by atoms with E-state index in [1.165, 1.54) is 11.8 Å². The van der Waals surface area contributed by atoms with E-state index in [1.807, 2.05) is 84.4 Å². The maximum absolute atomic E-state index is 12.2. The van der Waals surface area contributed by atoms with Gasteiger partial charge in [0.2, 0.25) is 0 Å². The van der Waals surface area contributed by atoms with E-state index in [2.05, 4.69) is 20.7 Å². The Hall–Kier alpha value is -3.62. The average Bonchev–Trinajstić information content (AvgIpc) is 3.19. The predicted molar refractivity (Wildman–Crippen MR) is 131 cm³/mol. The number of nitrogens with one attached hydrogen (secondary N) is 1. The lowest BCUT2D eigenvalue weighted by Crippen LogP contribution is -2.19. The molecule has 0 radical (unpaired) electrons. The first-order valence-corrected chi connectivity index (χ1v) is 11.4. The van der Waals surface area contributed by atoms with Crippen LogP contribution in [0.5, 0.6) is 11.5 Å². The minimum atomic E-state index is -0.250. The van der Waals surface area contributed by atoms with Gasteiger partial charge in [0.1, 0.15) is 11.5 Å². The van der Waals surface area contributed by atoms with Gasteiger partial charge in [-0.25, -0.2) is 5.43 Å². The second-order valence-corrected chi connectivity index (χ2v) is 8.32. The van der Waals surface area contributed by atoms with Crippen molar-refractivity contribution in [3.8, 4) is 22.9 Å². The molecule has 33 heavy (non-hydrogen) atoms. The van der Waals surface area contributed by atoms with Crippen molar-refractivity contribution in [2.24, 2.45) is 12.1 Å². The first-order chi connectivity index (χ1) is 16.1. The van der Waals surface area contributed by atoms with Crippen LogP contribution < -0.4 is 10.2 Å². The molecule has 0 saturated carbocycles. The molecule has 1 aromatic heterocycles. The van der Waals surface area contributed by atoms with Crippen molar-refractivity contribution in [2.45, 2.75) is 5.16 Å². The summed E-state index contributed by atoms with van der Waals surface area (Å²) in [5.41, 5.74) is 4.19. The summed E-state index contributed by atoms with van der Waals surface area (Å²) in [6.07, 6.45) is 1.57. The molecule has 3 aromatic carbocycles. The van der Waals surface area contributed by atoms with Crippen molar-refractivity contribution in [3.63, 3.8) is 0 Å². The minimum absolute atomic E-state index is 0.149. The van der Waals surface area contributed by atoms with Crippen molar-refractivity contribution in [3.05, 3.63) is 89.4 Å². The normalized spacial score (nSPS) is 11.0. The van der Waals surface area contributed by atoms with Crippen molar-refractivity contribution >= 4 is 35.5 Å². The van der Waals surface area contributed by atoms with Crippen LogP contribution in [0.3, 0.4) is 0 Å². The van der Waals surface area contributed by atoms with Gasteiger partial charge < -0.3 is 9.30 Å². The molecule has 4 aromatic rings. The molecular weight excluding hydrogens is 458 g/mol. The van der Waals surface area contributed by atoms with Crippen LogP contribution in [0.1, 0.15) is 5.56 Å². The molecule has 0 saturated heterocycles. The van der Waals surface area contributed by atoms with Crippen molar-refractivity contribution in [2.75, 3.05) is 5.75 Å². The summed E-state index contributed by atoms with van der Waals surface area (Å²) < 4.78 is 7.64. The zero-order chi connectivity index (χ0) is 23.0. The molecule has 4 rings (SSSR count). The molecule has 1 heterocycles. The number of aromatic nitrogens is 3. The lowest BCUT2D eigenvalue weighted by atomic mass is 10.2. The lowest BCUT2D eigenvalue weighted by molar-refractivity contribution is -0.118. The fourth-order valence-electron chi connectivity index (χ4n) is 2.94. The van der Waals surface area contributed by atoms with Gasteiger partial charge in [-0.05, 0) is 42.0 Å². The van der Waals surface area contributed by atoms with Gasteiger partial charge in [0, 0.05) is 17.6 Å². The highest BCUT2D eigenvalue weighted by atomic mass is 35.5. The van der Waals surface area contributed by atoms with Gasteiger partial charge in [-0.1, -0.05) is 65.8 Å². The van der Waals surface area contributed by atoms with Gasteiger partial charge in [-0.15, -0.1) is 10.2 Å². The summed E-state index contributed by atoms with van der Waals surface area (Å²) in [5, 5.41) is 13.7. The van der Waals surface area contributed by atoms with Gasteiger partial charge in [0.25, 0.3) is 5.91 Å². The van der Waals surface area contributed by atoms with E-state index in [0.29, 0.717) is 21.8 Å². The lowest BCUT2D eigenvalue weighted by Gasteiger charge is -2.06. The van der Waals surface area contributed by atoms with Crippen LogP contribution in [0, 0.1) is 0 Å². The Morgan fingerprint density at radius 1 is 1.06 bits per heavy atom. The maximum Gasteiger partial charge on any atom is 0.250 e. The molecule has 0 spiro atoms. The molecule has 0 aliphatic heterocycles. The standard InChI is InChI=1S/C24H20ClN5O2S/c1-30-23(18-8-6-9-19(25)14-18)28-29-24(30)33-16-22(31)27-26-15-17-7-5-12-21(13-17)32-20-10-3-2-4-11-20/h2-15H,16H2,1H3,(H,27,31). The highest BCUT2D eigenvalue weighted by Gasteiger charge is 2.13. The summed E-state index contributed by atoms with van der Waals surface area (Å²) in [6.45, 7) is 0. The molecule has 0 fully saturated rings. The van der Waals surface area contributed by atoms with E-state index < -0.39 is 0 Å².